The number of ether oxygens (including phenoxy) is 1. The Bertz CT molecular complexity index is 269. The van der Waals surface area contributed by atoms with Crippen molar-refractivity contribution in [2.45, 2.75) is 33.6 Å². The maximum atomic E-state index is 11.7. The molecule has 6 nitrogen and oxygen atoms in total. The van der Waals surface area contributed by atoms with Crippen molar-refractivity contribution < 1.29 is 19.4 Å². The Hall–Kier alpha value is -1.30. The lowest BCUT2D eigenvalue weighted by molar-refractivity contribution is -0.137. The lowest BCUT2D eigenvalue weighted by Crippen LogP contribution is -2.41. The van der Waals surface area contributed by atoms with Crippen LogP contribution in [0.1, 0.15) is 33.6 Å². The molecular formula is C13H26N2O4. The van der Waals surface area contributed by atoms with E-state index in [0.717, 1.165) is 13.0 Å². The van der Waals surface area contributed by atoms with E-state index in [1.165, 1.54) is 4.90 Å². The monoisotopic (exact) mass is 274 g/mol. The van der Waals surface area contributed by atoms with Crippen LogP contribution in [0.2, 0.25) is 0 Å². The van der Waals surface area contributed by atoms with Gasteiger partial charge in [-0.15, -0.1) is 0 Å². The number of carbonyl (C=O) groups is 2. The molecular weight excluding hydrogens is 248 g/mol. The third kappa shape index (κ3) is 10.3. The number of hydrogen-bond acceptors (Lipinski definition) is 3. The second kappa shape index (κ2) is 10.6. The molecule has 0 bridgehead atoms. The molecule has 0 aromatic rings. The maximum Gasteiger partial charge on any atom is 0.317 e. The number of urea groups is 1. The fraction of sp³-hybridized carbons (Fsp3) is 0.846. The van der Waals surface area contributed by atoms with E-state index in [-0.39, 0.29) is 19.0 Å². The summed E-state index contributed by atoms with van der Waals surface area (Å²) in [6, 6.07) is -0.215. The van der Waals surface area contributed by atoms with E-state index in [0.29, 0.717) is 25.6 Å². The highest BCUT2D eigenvalue weighted by Gasteiger charge is 2.11. The summed E-state index contributed by atoms with van der Waals surface area (Å²) in [5.41, 5.74) is 0. The van der Waals surface area contributed by atoms with Crippen LogP contribution < -0.4 is 5.32 Å². The first-order valence-electron chi connectivity index (χ1n) is 6.79. The fourth-order valence-corrected chi connectivity index (χ4v) is 1.43. The van der Waals surface area contributed by atoms with E-state index in [9.17, 15) is 9.59 Å². The summed E-state index contributed by atoms with van der Waals surface area (Å²) in [5.74, 6) is -0.380. The average molecular weight is 274 g/mol. The Morgan fingerprint density at radius 2 is 2.05 bits per heavy atom. The predicted molar refractivity (Wildman–Crippen MR) is 73.2 cm³/mol. The van der Waals surface area contributed by atoms with Gasteiger partial charge in [0.2, 0.25) is 0 Å². The summed E-state index contributed by atoms with van der Waals surface area (Å²) >= 11 is 0. The highest BCUT2D eigenvalue weighted by Crippen LogP contribution is 1.95. The number of amides is 2. The number of carbonyl (C=O) groups excluding carboxylic acids is 1. The van der Waals surface area contributed by atoms with Gasteiger partial charge in [-0.25, -0.2) is 4.79 Å². The molecule has 19 heavy (non-hydrogen) atoms. The maximum absolute atomic E-state index is 11.7. The molecule has 0 aliphatic rings. The Morgan fingerprint density at radius 3 is 2.58 bits per heavy atom. The van der Waals surface area contributed by atoms with E-state index in [2.05, 4.69) is 19.2 Å². The highest BCUT2D eigenvalue weighted by atomic mass is 16.5. The standard InChI is InChI=1S/C13H26N2O4/c1-4-15(8-6-12(16)17)13(18)14-7-5-9-19-10-11(2)3/h11H,4-10H2,1-3H3,(H,14,18)(H,16,17). The van der Waals surface area contributed by atoms with E-state index >= 15 is 0 Å². The first-order valence-corrected chi connectivity index (χ1v) is 6.79. The molecule has 2 amide bonds. The topological polar surface area (TPSA) is 78.9 Å². The Labute approximate surface area is 115 Å². The number of aliphatic carboxylic acids is 1. The van der Waals surface area contributed by atoms with Crippen LogP contribution in [0, 0.1) is 5.92 Å². The van der Waals surface area contributed by atoms with Gasteiger partial charge in [-0.05, 0) is 19.3 Å². The van der Waals surface area contributed by atoms with Crippen molar-refractivity contribution in [1.29, 1.82) is 0 Å². The third-order valence-corrected chi connectivity index (χ3v) is 2.46. The molecule has 0 aliphatic carbocycles. The lowest BCUT2D eigenvalue weighted by atomic mass is 10.2. The summed E-state index contributed by atoms with van der Waals surface area (Å²) in [6.45, 7) is 8.64. The Balaban J connectivity index is 3.67. The lowest BCUT2D eigenvalue weighted by Gasteiger charge is -2.20. The van der Waals surface area contributed by atoms with Gasteiger partial charge in [0.25, 0.3) is 0 Å². The van der Waals surface area contributed by atoms with Gasteiger partial charge in [0, 0.05) is 32.8 Å². The summed E-state index contributed by atoms with van der Waals surface area (Å²) in [5, 5.41) is 11.3. The van der Waals surface area contributed by atoms with Gasteiger partial charge >= 0.3 is 12.0 Å². The SMILES string of the molecule is CCN(CCC(=O)O)C(=O)NCCCOCC(C)C. The van der Waals surface area contributed by atoms with E-state index in [4.69, 9.17) is 9.84 Å². The number of nitrogens with one attached hydrogen (secondary N) is 1. The molecule has 2 N–H and O–H groups in total. The van der Waals surface area contributed by atoms with Crippen LogP contribution in [-0.2, 0) is 9.53 Å². The zero-order chi connectivity index (χ0) is 14.7. The molecule has 0 saturated heterocycles. The Kier molecular flexibility index (Phi) is 9.88. The van der Waals surface area contributed by atoms with Crippen molar-refractivity contribution in [2.75, 3.05) is 32.8 Å². The molecule has 0 spiro atoms. The van der Waals surface area contributed by atoms with Crippen molar-refractivity contribution in [3.8, 4) is 0 Å². The van der Waals surface area contributed by atoms with Crippen LogP contribution in [0.25, 0.3) is 0 Å². The summed E-state index contributed by atoms with van der Waals surface area (Å²) < 4.78 is 5.40. The molecule has 0 heterocycles. The number of hydrogen-bond donors (Lipinski definition) is 2. The summed E-state index contributed by atoms with van der Waals surface area (Å²) in [4.78, 5) is 23.7. The van der Waals surface area contributed by atoms with E-state index in [1.807, 2.05) is 6.92 Å². The van der Waals surface area contributed by atoms with Crippen molar-refractivity contribution >= 4 is 12.0 Å². The molecule has 0 radical (unpaired) electrons. The van der Waals surface area contributed by atoms with Crippen molar-refractivity contribution in [1.82, 2.24) is 10.2 Å². The molecule has 0 aromatic carbocycles. The van der Waals surface area contributed by atoms with Crippen LogP contribution in [0.15, 0.2) is 0 Å². The van der Waals surface area contributed by atoms with Gasteiger partial charge in [-0.2, -0.15) is 0 Å². The summed E-state index contributed by atoms with van der Waals surface area (Å²) in [6.07, 6.45) is 0.730. The quantitative estimate of drug-likeness (QED) is 0.592. The van der Waals surface area contributed by atoms with Gasteiger partial charge in [-0.3, -0.25) is 4.79 Å². The van der Waals surface area contributed by atoms with Gasteiger partial charge < -0.3 is 20.1 Å². The second-order valence-electron chi connectivity index (χ2n) is 4.78. The highest BCUT2D eigenvalue weighted by molar-refractivity contribution is 5.75. The largest absolute Gasteiger partial charge is 0.481 e. The average Bonchev–Trinajstić information content (AvgIpc) is 2.33. The number of rotatable bonds is 10. The van der Waals surface area contributed by atoms with Crippen LogP contribution >= 0.6 is 0 Å². The van der Waals surface area contributed by atoms with E-state index in [1.54, 1.807) is 0 Å². The molecule has 112 valence electrons. The summed E-state index contributed by atoms with van der Waals surface area (Å²) in [7, 11) is 0. The zero-order valence-corrected chi connectivity index (χ0v) is 12.1. The predicted octanol–water partition coefficient (Wildman–Crippen LogP) is 1.56. The van der Waals surface area contributed by atoms with Crippen molar-refractivity contribution in [3.63, 3.8) is 0 Å². The van der Waals surface area contributed by atoms with Crippen LogP contribution in [0.5, 0.6) is 0 Å². The smallest absolute Gasteiger partial charge is 0.317 e. The van der Waals surface area contributed by atoms with Crippen molar-refractivity contribution in [2.24, 2.45) is 5.92 Å². The molecule has 0 atom stereocenters. The number of nitrogens with zero attached hydrogens (tertiary/aromatic N) is 1. The van der Waals surface area contributed by atoms with Gasteiger partial charge in [0.1, 0.15) is 0 Å². The molecule has 0 rings (SSSR count). The first-order chi connectivity index (χ1) is 8.97. The molecule has 0 saturated carbocycles. The Morgan fingerprint density at radius 1 is 1.37 bits per heavy atom. The first kappa shape index (κ1) is 17.7. The normalized spacial score (nSPS) is 10.5. The minimum absolute atomic E-state index is 0.0290. The molecule has 0 aliphatic heterocycles. The van der Waals surface area contributed by atoms with Gasteiger partial charge in [0.05, 0.1) is 6.42 Å². The third-order valence-electron chi connectivity index (χ3n) is 2.46. The molecule has 0 unspecified atom stereocenters. The molecule has 0 fully saturated rings. The number of carboxylic acid groups (broad SMARTS) is 1. The van der Waals surface area contributed by atoms with Gasteiger partial charge in [-0.1, -0.05) is 13.8 Å². The van der Waals surface area contributed by atoms with Crippen LogP contribution in [0.4, 0.5) is 4.79 Å². The molecule has 6 heteroatoms. The fourth-order valence-electron chi connectivity index (χ4n) is 1.43. The van der Waals surface area contributed by atoms with Crippen LogP contribution in [0.3, 0.4) is 0 Å². The second-order valence-corrected chi connectivity index (χ2v) is 4.78. The minimum Gasteiger partial charge on any atom is -0.481 e. The number of carboxylic acids is 1. The molecule has 0 aromatic heterocycles. The minimum atomic E-state index is -0.895. The zero-order valence-electron chi connectivity index (χ0n) is 12.1. The van der Waals surface area contributed by atoms with E-state index < -0.39 is 5.97 Å². The van der Waals surface area contributed by atoms with Gasteiger partial charge in [0.15, 0.2) is 0 Å². The van der Waals surface area contributed by atoms with Crippen molar-refractivity contribution in [3.05, 3.63) is 0 Å². The van der Waals surface area contributed by atoms with Crippen LogP contribution in [-0.4, -0.2) is 54.9 Å².